The maximum Gasteiger partial charge on any atom is 0.255 e. The van der Waals surface area contributed by atoms with E-state index in [-0.39, 0.29) is 5.91 Å². The molecule has 3 aromatic carbocycles. The van der Waals surface area contributed by atoms with E-state index in [2.05, 4.69) is 39.6 Å². The number of carbonyl (C=O) groups excluding carboxylic acids is 1. The van der Waals surface area contributed by atoms with Crippen molar-refractivity contribution in [3.8, 4) is 11.4 Å². The van der Waals surface area contributed by atoms with Crippen molar-refractivity contribution in [2.45, 2.75) is 6.92 Å². The average Bonchev–Trinajstić information content (AvgIpc) is 2.78. The maximum absolute atomic E-state index is 12.9. The van der Waals surface area contributed by atoms with E-state index in [1.54, 1.807) is 24.5 Å². The number of nitrogens with one attached hydrogen (secondary N) is 1. The third kappa shape index (κ3) is 3.51. The molecule has 0 aliphatic rings. The van der Waals surface area contributed by atoms with Crippen LogP contribution in [0, 0.1) is 6.92 Å². The lowest BCUT2D eigenvalue weighted by Crippen LogP contribution is -2.12. The van der Waals surface area contributed by atoms with Crippen molar-refractivity contribution in [2.24, 2.45) is 0 Å². The first kappa shape index (κ1) is 18.0. The van der Waals surface area contributed by atoms with Crippen molar-refractivity contribution in [2.75, 3.05) is 5.32 Å². The van der Waals surface area contributed by atoms with Crippen LogP contribution in [-0.4, -0.2) is 15.9 Å². The molecule has 30 heavy (non-hydrogen) atoms. The highest BCUT2D eigenvalue weighted by molar-refractivity contribution is 6.06. The molecule has 0 aliphatic heterocycles. The first-order valence-corrected chi connectivity index (χ1v) is 9.79. The lowest BCUT2D eigenvalue weighted by molar-refractivity contribution is 0.102. The zero-order valence-corrected chi connectivity index (χ0v) is 16.5. The van der Waals surface area contributed by atoms with Gasteiger partial charge in [0.25, 0.3) is 5.91 Å². The quantitative estimate of drug-likeness (QED) is 0.384. The van der Waals surface area contributed by atoms with Crippen LogP contribution >= 0.6 is 0 Å². The number of anilines is 1. The van der Waals surface area contributed by atoms with Crippen molar-refractivity contribution in [3.05, 3.63) is 102 Å². The van der Waals surface area contributed by atoms with E-state index in [4.69, 9.17) is 0 Å². The van der Waals surface area contributed by atoms with Gasteiger partial charge in [0.2, 0.25) is 0 Å². The number of rotatable bonds is 3. The van der Waals surface area contributed by atoms with E-state index in [0.29, 0.717) is 11.3 Å². The molecule has 4 heteroatoms. The summed E-state index contributed by atoms with van der Waals surface area (Å²) >= 11 is 0. The zero-order chi connectivity index (χ0) is 20.5. The number of aryl methyl sites for hydroxylation is 1. The molecule has 5 aromatic rings. The van der Waals surface area contributed by atoms with Crippen LogP contribution in [0.1, 0.15) is 15.9 Å². The van der Waals surface area contributed by atoms with Crippen LogP contribution in [0.4, 0.5) is 5.69 Å². The van der Waals surface area contributed by atoms with E-state index in [9.17, 15) is 4.79 Å². The second-order valence-electron chi connectivity index (χ2n) is 7.36. The normalized spacial score (nSPS) is 11.0. The zero-order valence-electron chi connectivity index (χ0n) is 16.5. The fourth-order valence-electron chi connectivity index (χ4n) is 3.61. The summed E-state index contributed by atoms with van der Waals surface area (Å²) in [5, 5.41) is 7.62. The maximum atomic E-state index is 12.9. The van der Waals surface area contributed by atoms with E-state index in [0.717, 1.165) is 27.7 Å². The van der Waals surface area contributed by atoms with Crippen LogP contribution in [0.25, 0.3) is 32.9 Å². The van der Waals surface area contributed by atoms with Gasteiger partial charge in [0.05, 0.1) is 11.4 Å². The molecule has 0 radical (unpaired) electrons. The third-order valence-corrected chi connectivity index (χ3v) is 5.16. The number of nitrogens with zero attached hydrogens (tertiary/aromatic N) is 2. The van der Waals surface area contributed by atoms with Crippen molar-refractivity contribution in [1.82, 2.24) is 9.97 Å². The molecule has 0 spiro atoms. The number of pyridine rings is 2. The minimum absolute atomic E-state index is 0.175. The van der Waals surface area contributed by atoms with E-state index in [1.165, 1.54) is 10.8 Å². The molecule has 2 heterocycles. The first-order chi connectivity index (χ1) is 14.7. The van der Waals surface area contributed by atoms with Crippen LogP contribution in [0.3, 0.4) is 0 Å². The van der Waals surface area contributed by atoms with Gasteiger partial charge in [-0.15, -0.1) is 0 Å². The summed E-state index contributed by atoms with van der Waals surface area (Å²) in [6.07, 6.45) is 3.39. The summed E-state index contributed by atoms with van der Waals surface area (Å²) in [4.78, 5) is 21.6. The highest BCUT2D eigenvalue weighted by atomic mass is 16.1. The highest BCUT2D eigenvalue weighted by Crippen LogP contribution is 2.26. The minimum Gasteiger partial charge on any atom is -0.322 e. The van der Waals surface area contributed by atoms with Gasteiger partial charge >= 0.3 is 0 Å². The number of hydrogen-bond donors (Lipinski definition) is 1. The van der Waals surface area contributed by atoms with Gasteiger partial charge in [-0.2, -0.15) is 0 Å². The lowest BCUT2D eigenvalue weighted by Gasteiger charge is -2.09. The molecule has 4 nitrogen and oxygen atoms in total. The SMILES string of the molecule is Cc1ccnc(-c2cc(C(=O)Nc3ccc4cc5ccccc5cc4c3)ccn2)c1. The van der Waals surface area contributed by atoms with Gasteiger partial charge in [0, 0.05) is 23.6 Å². The smallest absolute Gasteiger partial charge is 0.255 e. The fraction of sp³-hybridized carbons (Fsp3) is 0.0385. The lowest BCUT2D eigenvalue weighted by atomic mass is 10.0. The molecule has 1 amide bonds. The van der Waals surface area contributed by atoms with Crippen molar-refractivity contribution in [3.63, 3.8) is 0 Å². The average molecular weight is 389 g/mol. The van der Waals surface area contributed by atoms with Crippen LogP contribution in [-0.2, 0) is 0 Å². The summed E-state index contributed by atoms with van der Waals surface area (Å²) in [6, 6.07) is 25.9. The monoisotopic (exact) mass is 389 g/mol. The Morgan fingerprint density at radius 1 is 0.700 bits per heavy atom. The summed E-state index contributed by atoms with van der Waals surface area (Å²) in [7, 11) is 0. The molecule has 0 saturated carbocycles. The van der Waals surface area contributed by atoms with Crippen molar-refractivity contribution >= 4 is 33.1 Å². The van der Waals surface area contributed by atoms with Crippen LogP contribution in [0.15, 0.2) is 91.3 Å². The Bertz CT molecular complexity index is 1410. The van der Waals surface area contributed by atoms with Gasteiger partial charge in [-0.05, 0) is 82.6 Å². The second-order valence-corrected chi connectivity index (χ2v) is 7.36. The molecule has 0 fully saturated rings. The number of benzene rings is 3. The molecular formula is C26H19N3O. The van der Waals surface area contributed by atoms with Gasteiger partial charge in [-0.3, -0.25) is 14.8 Å². The van der Waals surface area contributed by atoms with Crippen LogP contribution < -0.4 is 5.32 Å². The number of amides is 1. The van der Waals surface area contributed by atoms with E-state index >= 15 is 0 Å². The molecule has 1 N–H and O–H groups in total. The summed E-state index contributed by atoms with van der Waals surface area (Å²) in [5.41, 5.74) is 3.83. The van der Waals surface area contributed by atoms with Gasteiger partial charge < -0.3 is 5.32 Å². The van der Waals surface area contributed by atoms with Gasteiger partial charge in [-0.25, -0.2) is 0 Å². The molecular weight excluding hydrogens is 370 g/mol. The van der Waals surface area contributed by atoms with Gasteiger partial charge in [0.1, 0.15) is 0 Å². The van der Waals surface area contributed by atoms with Crippen molar-refractivity contribution < 1.29 is 4.79 Å². The number of hydrogen-bond acceptors (Lipinski definition) is 3. The predicted octanol–water partition coefficient (Wildman–Crippen LogP) is 6.01. The Balaban J connectivity index is 1.44. The number of aromatic nitrogens is 2. The minimum atomic E-state index is -0.175. The summed E-state index contributed by atoms with van der Waals surface area (Å²) in [5.74, 6) is -0.175. The summed E-state index contributed by atoms with van der Waals surface area (Å²) in [6.45, 7) is 2.00. The number of carbonyl (C=O) groups is 1. The van der Waals surface area contributed by atoms with Crippen LogP contribution in [0.5, 0.6) is 0 Å². The van der Waals surface area contributed by atoms with Crippen LogP contribution in [0.2, 0.25) is 0 Å². The van der Waals surface area contributed by atoms with Gasteiger partial charge in [-0.1, -0.05) is 30.3 Å². The molecule has 2 aromatic heterocycles. The fourth-order valence-corrected chi connectivity index (χ4v) is 3.61. The molecule has 0 aliphatic carbocycles. The Hall–Kier alpha value is -4.05. The predicted molar refractivity (Wildman–Crippen MR) is 122 cm³/mol. The topological polar surface area (TPSA) is 54.9 Å². The Morgan fingerprint density at radius 3 is 2.13 bits per heavy atom. The molecule has 144 valence electrons. The third-order valence-electron chi connectivity index (χ3n) is 5.16. The largest absolute Gasteiger partial charge is 0.322 e. The Labute approximate surface area is 174 Å². The molecule has 0 unspecified atom stereocenters. The van der Waals surface area contributed by atoms with E-state index < -0.39 is 0 Å². The van der Waals surface area contributed by atoms with Crippen molar-refractivity contribution in [1.29, 1.82) is 0 Å². The number of fused-ring (bicyclic) bond motifs is 2. The standard InChI is InChI=1S/C26H19N3O/c1-17-8-10-27-24(12-17)25-16-21(9-11-28-25)26(30)29-23-7-6-20-13-18-4-2-3-5-19(18)14-22(20)15-23/h2-16H,1H3,(H,29,30). The summed E-state index contributed by atoms with van der Waals surface area (Å²) < 4.78 is 0. The molecule has 0 saturated heterocycles. The van der Waals surface area contributed by atoms with E-state index in [1.807, 2.05) is 49.4 Å². The Kier molecular flexibility index (Phi) is 4.45. The Morgan fingerprint density at radius 2 is 1.37 bits per heavy atom. The highest BCUT2D eigenvalue weighted by Gasteiger charge is 2.10. The molecule has 0 bridgehead atoms. The molecule has 0 atom stereocenters. The molecule has 5 rings (SSSR count). The first-order valence-electron chi connectivity index (χ1n) is 9.79. The second kappa shape index (κ2) is 7.41. The van der Waals surface area contributed by atoms with Gasteiger partial charge in [0.15, 0.2) is 0 Å².